The second-order valence-corrected chi connectivity index (χ2v) is 7.00. The van der Waals surface area contributed by atoms with Gasteiger partial charge in [-0.15, -0.1) is 0 Å². The molecule has 1 aromatic rings. The van der Waals surface area contributed by atoms with Crippen molar-refractivity contribution in [1.82, 2.24) is 0 Å². The Labute approximate surface area is 120 Å². The van der Waals surface area contributed by atoms with Crippen LogP contribution < -0.4 is 0 Å². The summed E-state index contributed by atoms with van der Waals surface area (Å²) in [5.74, 6) is -1.08. The molecule has 1 fully saturated rings. The van der Waals surface area contributed by atoms with Crippen molar-refractivity contribution in [3.63, 3.8) is 0 Å². The van der Waals surface area contributed by atoms with E-state index in [2.05, 4.69) is 0 Å². The minimum absolute atomic E-state index is 0.0288. The molecule has 5 heteroatoms. The van der Waals surface area contributed by atoms with E-state index in [0.717, 1.165) is 25.7 Å². The largest absolute Gasteiger partial charge is 0.478 e. The molecule has 2 rings (SSSR count). The topological polar surface area (TPSA) is 54.4 Å². The molecule has 0 heterocycles. The summed E-state index contributed by atoms with van der Waals surface area (Å²) in [5.41, 5.74) is 0.0288. The van der Waals surface area contributed by atoms with E-state index in [1.165, 1.54) is 25.0 Å². The van der Waals surface area contributed by atoms with Crippen LogP contribution in [0.25, 0.3) is 0 Å². The second-order valence-electron chi connectivity index (χ2n) is 4.86. The highest BCUT2D eigenvalue weighted by atomic mass is 35.5. The molecule has 1 N–H and O–H groups in total. The predicted molar refractivity (Wildman–Crippen MR) is 76.3 cm³/mol. The van der Waals surface area contributed by atoms with Crippen LogP contribution in [-0.4, -0.2) is 20.5 Å². The van der Waals surface area contributed by atoms with E-state index in [9.17, 15) is 9.00 Å². The zero-order chi connectivity index (χ0) is 13.8. The van der Waals surface area contributed by atoms with Gasteiger partial charge in [-0.2, -0.15) is 0 Å². The molecule has 1 aliphatic carbocycles. The Kier molecular flexibility index (Phi) is 4.99. The molecular formula is C14H17ClO3S. The average Bonchev–Trinajstić information content (AvgIpc) is 2.67. The first-order chi connectivity index (χ1) is 9.09. The number of benzene rings is 1. The van der Waals surface area contributed by atoms with E-state index in [4.69, 9.17) is 16.7 Å². The van der Waals surface area contributed by atoms with Crippen molar-refractivity contribution < 1.29 is 14.1 Å². The number of rotatable bonds is 3. The average molecular weight is 301 g/mol. The number of aromatic carboxylic acids is 1. The maximum absolute atomic E-state index is 12.5. The Bertz CT molecular complexity index is 493. The fourth-order valence-corrected chi connectivity index (χ4v) is 4.22. The van der Waals surface area contributed by atoms with Crippen LogP contribution in [0.2, 0.25) is 5.02 Å². The fraction of sp³-hybridized carbons (Fsp3) is 0.500. The SMILES string of the molecule is O=C(O)c1cc(S(=O)C2CCCCCC2)ccc1Cl. The van der Waals surface area contributed by atoms with Gasteiger partial charge in [-0.1, -0.05) is 37.3 Å². The van der Waals surface area contributed by atoms with E-state index in [1.807, 2.05) is 0 Å². The molecule has 1 unspecified atom stereocenters. The molecule has 0 spiro atoms. The van der Waals surface area contributed by atoms with Crippen LogP contribution in [0.4, 0.5) is 0 Å². The van der Waals surface area contributed by atoms with Crippen molar-refractivity contribution in [3.8, 4) is 0 Å². The van der Waals surface area contributed by atoms with Crippen molar-refractivity contribution in [2.75, 3.05) is 0 Å². The minimum atomic E-state index is -1.14. The van der Waals surface area contributed by atoms with Crippen LogP contribution in [0.5, 0.6) is 0 Å². The Morgan fingerprint density at radius 2 is 1.84 bits per heavy atom. The Morgan fingerprint density at radius 1 is 1.21 bits per heavy atom. The maximum Gasteiger partial charge on any atom is 0.337 e. The third kappa shape index (κ3) is 3.57. The third-order valence-corrected chi connectivity index (χ3v) is 5.63. The molecule has 1 atom stereocenters. The number of hydrogen-bond acceptors (Lipinski definition) is 2. The van der Waals surface area contributed by atoms with Crippen molar-refractivity contribution in [3.05, 3.63) is 28.8 Å². The maximum atomic E-state index is 12.5. The van der Waals surface area contributed by atoms with Gasteiger partial charge in [0.05, 0.1) is 21.4 Å². The molecule has 0 aromatic heterocycles. The zero-order valence-corrected chi connectivity index (χ0v) is 12.2. The Balaban J connectivity index is 2.23. The number of carbonyl (C=O) groups is 1. The highest BCUT2D eigenvalue weighted by Crippen LogP contribution is 2.27. The first kappa shape index (κ1) is 14.5. The first-order valence-electron chi connectivity index (χ1n) is 6.53. The third-order valence-electron chi connectivity index (χ3n) is 3.51. The molecular weight excluding hydrogens is 284 g/mol. The van der Waals surface area contributed by atoms with Crippen molar-refractivity contribution >= 4 is 28.4 Å². The summed E-state index contributed by atoms with van der Waals surface area (Å²) in [7, 11) is -1.14. The van der Waals surface area contributed by atoms with Gasteiger partial charge in [0, 0.05) is 10.1 Å². The van der Waals surface area contributed by atoms with Gasteiger partial charge < -0.3 is 5.11 Å². The highest BCUT2D eigenvalue weighted by Gasteiger charge is 2.21. The lowest BCUT2D eigenvalue weighted by Crippen LogP contribution is -2.14. The van der Waals surface area contributed by atoms with Crippen molar-refractivity contribution in [2.24, 2.45) is 0 Å². The lowest BCUT2D eigenvalue weighted by molar-refractivity contribution is 0.0697. The van der Waals surface area contributed by atoms with Gasteiger partial charge in [-0.05, 0) is 31.0 Å². The molecule has 0 bridgehead atoms. The van der Waals surface area contributed by atoms with E-state index in [-0.39, 0.29) is 15.8 Å². The quantitative estimate of drug-likeness (QED) is 0.862. The summed E-state index contributed by atoms with van der Waals surface area (Å²) in [6, 6.07) is 4.65. The summed E-state index contributed by atoms with van der Waals surface area (Å²) < 4.78 is 12.5. The molecule has 104 valence electrons. The lowest BCUT2D eigenvalue weighted by atomic mass is 10.2. The highest BCUT2D eigenvalue weighted by molar-refractivity contribution is 7.85. The fourth-order valence-electron chi connectivity index (χ4n) is 2.44. The molecule has 1 saturated carbocycles. The van der Waals surface area contributed by atoms with E-state index in [1.54, 1.807) is 6.07 Å². The van der Waals surface area contributed by atoms with Crippen LogP contribution in [0, 0.1) is 0 Å². The molecule has 0 radical (unpaired) electrons. The molecule has 3 nitrogen and oxygen atoms in total. The van der Waals surface area contributed by atoms with Crippen LogP contribution in [0.3, 0.4) is 0 Å². The zero-order valence-electron chi connectivity index (χ0n) is 10.6. The van der Waals surface area contributed by atoms with Gasteiger partial charge in [0.2, 0.25) is 0 Å². The van der Waals surface area contributed by atoms with Crippen molar-refractivity contribution in [1.29, 1.82) is 0 Å². The van der Waals surface area contributed by atoms with Gasteiger partial charge in [0.15, 0.2) is 0 Å². The van der Waals surface area contributed by atoms with Gasteiger partial charge in [-0.3, -0.25) is 4.21 Å². The normalized spacial score (nSPS) is 18.8. The van der Waals surface area contributed by atoms with Gasteiger partial charge in [0.25, 0.3) is 0 Å². The summed E-state index contributed by atoms with van der Waals surface area (Å²) in [6.07, 6.45) is 6.53. The summed E-state index contributed by atoms with van der Waals surface area (Å²) >= 11 is 5.83. The van der Waals surface area contributed by atoms with Gasteiger partial charge in [-0.25, -0.2) is 4.79 Å². The van der Waals surface area contributed by atoms with E-state index in [0.29, 0.717) is 4.90 Å². The Hall–Kier alpha value is -0.870. The second kappa shape index (κ2) is 6.53. The summed E-state index contributed by atoms with van der Waals surface area (Å²) in [5, 5.41) is 9.38. The first-order valence-corrected chi connectivity index (χ1v) is 8.12. The van der Waals surface area contributed by atoms with Gasteiger partial charge in [0.1, 0.15) is 0 Å². The molecule has 1 aromatic carbocycles. The van der Waals surface area contributed by atoms with Crippen LogP contribution in [-0.2, 0) is 10.8 Å². The van der Waals surface area contributed by atoms with Crippen LogP contribution in [0.15, 0.2) is 23.1 Å². The minimum Gasteiger partial charge on any atom is -0.478 e. The number of carboxylic acid groups (broad SMARTS) is 1. The van der Waals surface area contributed by atoms with E-state index >= 15 is 0 Å². The predicted octanol–water partition coefficient (Wildman–Crippen LogP) is 3.87. The van der Waals surface area contributed by atoms with Crippen LogP contribution >= 0.6 is 11.6 Å². The number of carboxylic acids is 1. The number of halogens is 1. The van der Waals surface area contributed by atoms with Crippen LogP contribution in [0.1, 0.15) is 48.9 Å². The summed E-state index contributed by atoms with van der Waals surface area (Å²) in [4.78, 5) is 11.6. The van der Waals surface area contributed by atoms with Gasteiger partial charge >= 0.3 is 5.97 Å². The molecule has 0 saturated heterocycles. The lowest BCUT2D eigenvalue weighted by Gasteiger charge is -2.14. The standard InChI is InChI=1S/C14H17ClO3S/c15-13-8-7-11(9-12(13)14(16)17)19(18)10-5-3-1-2-4-6-10/h7-10H,1-6H2,(H,16,17). The summed E-state index contributed by atoms with van der Waals surface area (Å²) in [6.45, 7) is 0. The monoisotopic (exact) mass is 300 g/mol. The van der Waals surface area contributed by atoms with Crippen molar-refractivity contribution in [2.45, 2.75) is 48.7 Å². The molecule has 0 aliphatic heterocycles. The number of hydrogen-bond donors (Lipinski definition) is 1. The molecule has 1 aliphatic rings. The smallest absolute Gasteiger partial charge is 0.337 e. The molecule has 19 heavy (non-hydrogen) atoms. The molecule has 0 amide bonds. The van der Waals surface area contributed by atoms with E-state index < -0.39 is 16.8 Å². The Morgan fingerprint density at radius 3 is 2.42 bits per heavy atom.